The van der Waals surface area contributed by atoms with E-state index in [1.54, 1.807) is 0 Å². The fourth-order valence-corrected chi connectivity index (χ4v) is 2.67. The number of rotatable bonds is 5. The number of hydrogen-bond acceptors (Lipinski definition) is 4. The van der Waals surface area contributed by atoms with Crippen LogP contribution in [0, 0.1) is 0 Å². The number of carboxylic acids is 1. The third-order valence-electron chi connectivity index (χ3n) is 3.33. The van der Waals surface area contributed by atoms with Gasteiger partial charge >= 0.3 is 5.97 Å². The molecule has 0 saturated carbocycles. The molecule has 2 amide bonds. The van der Waals surface area contributed by atoms with Crippen molar-refractivity contribution in [2.75, 3.05) is 13.6 Å². The van der Waals surface area contributed by atoms with Crippen LogP contribution in [0.1, 0.15) is 18.4 Å². The first-order chi connectivity index (χ1) is 10.9. The van der Waals surface area contributed by atoms with E-state index in [2.05, 4.69) is 21.0 Å². The quantitative estimate of drug-likeness (QED) is 0.835. The zero-order valence-corrected chi connectivity index (χ0v) is 14.1. The molecular formula is C15H16BrN3O4. The van der Waals surface area contributed by atoms with Crippen LogP contribution in [0.25, 0.3) is 0 Å². The lowest BCUT2D eigenvalue weighted by Crippen LogP contribution is -2.42. The first kappa shape index (κ1) is 17.1. The Balaban J connectivity index is 2.20. The molecule has 0 atom stereocenters. The van der Waals surface area contributed by atoms with Gasteiger partial charge in [0.25, 0.3) is 5.91 Å². The minimum Gasteiger partial charge on any atom is -0.480 e. The second-order valence-electron chi connectivity index (χ2n) is 5.15. The van der Waals surface area contributed by atoms with E-state index in [1.165, 1.54) is 11.9 Å². The van der Waals surface area contributed by atoms with Crippen molar-refractivity contribution < 1.29 is 19.5 Å². The third-order valence-corrected chi connectivity index (χ3v) is 3.82. The van der Waals surface area contributed by atoms with Crippen LogP contribution in [0.4, 0.5) is 0 Å². The van der Waals surface area contributed by atoms with E-state index < -0.39 is 18.4 Å². The normalized spacial score (nSPS) is 14.4. The molecule has 0 unspecified atom stereocenters. The molecule has 1 aromatic rings. The van der Waals surface area contributed by atoms with Crippen molar-refractivity contribution in [1.82, 2.24) is 9.91 Å². The van der Waals surface area contributed by atoms with E-state index in [0.717, 1.165) is 15.0 Å². The Morgan fingerprint density at radius 1 is 1.39 bits per heavy atom. The maximum absolute atomic E-state index is 12.6. The number of halogens is 1. The van der Waals surface area contributed by atoms with Crippen molar-refractivity contribution in [3.8, 4) is 0 Å². The molecular weight excluding hydrogens is 366 g/mol. The average Bonchev–Trinajstić information content (AvgIpc) is 2.48. The number of carbonyl (C=O) groups is 3. The molecule has 1 aromatic carbocycles. The molecule has 8 heteroatoms. The summed E-state index contributed by atoms with van der Waals surface area (Å²) in [4.78, 5) is 36.3. The van der Waals surface area contributed by atoms with Gasteiger partial charge in [-0.05, 0) is 17.7 Å². The van der Waals surface area contributed by atoms with Gasteiger partial charge in [-0.15, -0.1) is 0 Å². The van der Waals surface area contributed by atoms with Crippen LogP contribution in [0.2, 0.25) is 0 Å². The van der Waals surface area contributed by atoms with E-state index in [-0.39, 0.29) is 31.0 Å². The molecule has 0 spiro atoms. The highest BCUT2D eigenvalue weighted by atomic mass is 79.9. The van der Waals surface area contributed by atoms with E-state index >= 15 is 0 Å². The predicted molar refractivity (Wildman–Crippen MR) is 86.6 cm³/mol. The smallest absolute Gasteiger partial charge is 0.323 e. The lowest BCUT2D eigenvalue weighted by atomic mass is 10.1. The Morgan fingerprint density at radius 3 is 2.74 bits per heavy atom. The fourth-order valence-electron chi connectivity index (χ4n) is 2.22. The first-order valence-electron chi connectivity index (χ1n) is 6.96. The topological polar surface area (TPSA) is 90.3 Å². The molecule has 1 aliphatic heterocycles. The summed E-state index contributed by atoms with van der Waals surface area (Å²) in [5.41, 5.74) is 0.998. The molecule has 122 valence electrons. The van der Waals surface area contributed by atoms with E-state index in [4.69, 9.17) is 5.11 Å². The molecule has 1 heterocycles. The van der Waals surface area contributed by atoms with Gasteiger partial charge < -0.3 is 10.0 Å². The Hall–Kier alpha value is -2.22. The van der Waals surface area contributed by atoms with Gasteiger partial charge in [-0.2, -0.15) is 5.10 Å². The second kappa shape index (κ2) is 7.36. The van der Waals surface area contributed by atoms with Gasteiger partial charge in [-0.1, -0.05) is 28.1 Å². The highest BCUT2D eigenvalue weighted by molar-refractivity contribution is 9.10. The van der Waals surface area contributed by atoms with Crippen LogP contribution in [0.15, 0.2) is 33.8 Å². The Labute approximate surface area is 141 Å². The number of hydrogen-bond donors (Lipinski definition) is 1. The number of carboxylic acid groups (broad SMARTS) is 1. The molecule has 0 radical (unpaired) electrons. The highest BCUT2D eigenvalue weighted by Crippen LogP contribution is 2.15. The summed E-state index contributed by atoms with van der Waals surface area (Å²) < 4.78 is 0.845. The van der Waals surface area contributed by atoms with Crippen molar-refractivity contribution in [3.63, 3.8) is 0 Å². The number of hydrazone groups is 1. The Morgan fingerprint density at radius 2 is 2.13 bits per heavy atom. The summed E-state index contributed by atoms with van der Waals surface area (Å²) in [5, 5.41) is 14.1. The van der Waals surface area contributed by atoms with E-state index in [9.17, 15) is 14.4 Å². The maximum atomic E-state index is 12.6. The van der Waals surface area contributed by atoms with Crippen molar-refractivity contribution in [2.45, 2.75) is 19.4 Å². The molecule has 0 aromatic heterocycles. The number of carbonyl (C=O) groups excluding carboxylic acids is 2. The zero-order valence-electron chi connectivity index (χ0n) is 12.5. The van der Waals surface area contributed by atoms with Crippen LogP contribution in [-0.4, -0.2) is 52.1 Å². The van der Waals surface area contributed by atoms with Crippen molar-refractivity contribution >= 4 is 39.4 Å². The van der Waals surface area contributed by atoms with Gasteiger partial charge in [0.1, 0.15) is 12.3 Å². The minimum atomic E-state index is -1.10. The van der Waals surface area contributed by atoms with Crippen molar-refractivity contribution in [1.29, 1.82) is 0 Å². The minimum absolute atomic E-state index is 0.154. The van der Waals surface area contributed by atoms with Gasteiger partial charge in [0, 0.05) is 30.9 Å². The molecule has 0 saturated heterocycles. The summed E-state index contributed by atoms with van der Waals surface area (Å²) in [5.74, 6) is -1.74. The zero-order chi connectivity index (χ0) is 17.0. The summed E-state index contributed by atoms with van der Waals surface area (Å²) in [7, 11) is 1.48. The number of amides is 2. The monoisotopic (exact) mass is 381 g/mol. The predicted octanol–water partition coefficient (Wildman–Crippen LogP) is 1.47. The van der Waals surface area contributed by atoms with Crippen LogP contribution in [-0.2, 0) is 20.9 Å². The second-order valence-corrected chi connectivity index (χ2v) is 6.06. The molecule has 0 aliphatic carbocycles. The lowest BCUT2D eigenvalue weighted by Gasteiger charge is -2.25. The molecule has 2 rings (SSSR count). The van der Waals surface area contributed by atoms with E-state index in [1.807, 2.05) is 24.3 Å². The molecule has 0 bridgehead atoms. The van der Waals surface area contributed by atoms with Gasteiger partial charge in [0.2, 0.25) is 5.91 Å². The summed E-state index contributed by atoms with van der Waals surface area (Å²) in [6.07, 6.45) is 0.412. The van der Waals surface area contributed by atoms with Crippen LogP contribution in [0.3, 0.4) is 0 Å². The molecule has 23 heavy (non-hydrogen) atoms. The van der Waals surface area contributed by atoms with Gasteiger partial charge in [0.15, 0.2) is 0 Å². The van der Waals surface area contributed by atoms with Crippen LogP contribution in [0.5, 0.6) is 0 Å². The van der Waals surface area contributed by atoms with Crippen LogP contribution < -0.4 is 0 Å². The SMILES string of the molecule is CN1N=C(C(=O)N(CC(=O)O)Cc2cccc(Br)c2)CCC1=O. The largest absolute Gasteiger partial charge is 0.480 e. The number of aliphatic carboxylic acids is 1. The standard InChI is InChI=1S/C15H16BrN3O4/c1-18-13(20)6-5-12(17-18)15(23)19(9-14(21)22)8-10-3-2-4-11(16)7-10/h2-4,7H,5-6,8-9H2,1H3,(H,21,22). The van der Waals surface area contributed by atoms with Crippen LogP contribution >= 0.6 is 15.9 Å². The van der Waals surface area contributed by atoms with Gasteiger partial charge in [-0.3, -0.25) is 14.4 Å². The fraction of sp³-hybridized carbons (Fsp3) is 0.333. The summed E-state index contributed by atoms with van der Waals surface area (Å²) in [6, 6.07) is 7.29. The van der Waals surface area contributed by atoms with Gasteiger partial charge in [0.05, 0.1) is 0 Å². The highest BCUT2D eigenvalue weighted by Gasteiger charge is 2.27. The molecule has 0 fully saturated rings. The van der Waals surface area contributed by atoms with Crippen molar-refractivity contribution in [3.05, 3.63) is 34.3 Å². The van der Waals surface area contributed by atoms with Gasteiger partial charge in [-0.25, -0.2) is 5.01 Å². The molecule has 1 N–H and O–H groups in total. The average molecular weight is 382 g/mol. The number of nitrogens with zero attached hydrogens (tertiary/aromatic N) is 3. The third kappa shape index (κ3) is 4.62. The van der Waals surface area contributed by atoms with Crippen molar-refractivity contribution in [2.24, 2.45) is 5.10 Å². The van der Waals surface area contributed by atoms with E-state index in [0.29, 0.717) is 0 Å². The maximum Gasteiger partial charge on any atom is 0.323 e. The molecule has 7 nitrogen and oxygen atoms in total. The number of benzene rings is 1. The molecule has 1 aliphatic rings. The Bertz CT molecular complexity index is 674. The summed E-state index contributed by atoms with van der Waals surface area (Å²) in [6.45, 7) is -0.275. The Kier molecular flexibility index (Phi) is 5.49. The summed E-state index contributed by atoms with van der Waals surface area (Å²) >= 11 is 3.34. The lowest BCUT2D eigenvalue weighted by molar-refractivity contribution is -0.142. The first-order valence-corrected chi connectivity index (χ1v) is 7.75.